The summed E-state index contributed by atoms with van der Waals surface area (Å²) < 4.78 is 23.5. The molecule has 2 rings (SSSR count). The Kier molecular flexibility index (Phi) is 6.38. The van der Waals surface area contributed by atoms with Crippen molar-refractivity contribution >= 4 is 5.69 Å². The van der Waals surface area contributed by atoms with Crippen LogP contribution in [0.25, 0.3) is 0 Å². The van der Waals surface area contributed by atoms with Crippen LogP contribution in [0.2, 0.25) is 0 Å². The van der Waals surface area contributed by atoms with Gasteiger partial charge in [0.15, 0.2) is 0 Å². The van der Waals surface area contributed by atoms with Gasteiger partial charge in [-0.15, -0.1) is 0 Å². The Morgan fingerprint density at radius 3 is 2.48 bits per heavy atom. The zero-order chi connectivity index (χ0) is 16.7. The second-order valence-corrected chi connectivity index (χ2v) is 5.21. The van der Waals surface area contributed by atoms with E-state index in [1.165, 1.54) is 12.1 Å². The Labute approximate surface area is 135 Å². The largest absolute Gasteiger partial charge is 0.496 e. The molecular formula is C18H22FNO3. The molecule has 0 heterocycles. The molecule has 0 saturated carbocycles. The molecule has 0 amide bonds. The molecule has 0 fully saturated rings. The molecule has 2 aromatic rings. The summed E-state index contributed by atoms with van der Waals surface area (Å²) in [5.74, 6) is 0.388. The third kappa shape index (κ3) is 4.68. The van der Waals surface area contributed by atoms with Crippen molar-refractivity contribution in [2.24, 2.45) is 0 Å². The summed E-state index contributed by atoms with van der Waals surface area (Å²) in [6.07, 6.45) is 0.739. The summed E-state index contributed by atoms with van der Waals surface area (Å²) in [6.45, 7) is 0.482. The van der Waals surface area contributed by atoms with Gasteiger partial charge in [-0.25, -0.2) is 4.39 Å². The second-order valence-electron chi connectivity index (χ2n) is 5.21. The molecule has 5 heteroatoms. The first-order valence-corrected chi connectivity index (χ1v) is 7.46. The molecule has 23 heavy (non-hydrogen) atoms. The second kappa shape index (κ2) is 8.50. The van der Waals surface area contributed by atoms with Gasteiger partial charge < -0.3 is 19.9 Å². The van der Waals surface area contributed by atoms with Crippen molar-refractivity contribution in [3.05, 3.63) is 59.4 Å². The topological polar surface area (TPSA) is 50.7 Å². The Bertz CT molecular complexity index is 616. The van der Waals surface area contributed by atoms with Gasteiger partial charge in [0.05, 0.1) is 19.8 Å². The summed E-state index contributed by atoms with van der Waals surface area (Å²) in [5, 5.41) is 12.8. The SMILES string of the molecule is COCCC(Nc1ccc(OC)c(CO)c1)c1ccc(F)cc1. The van der Waals surface area contributed by atoms with Crippen LogP contribution in [0.15, 0.2) is 42.5 Å². The van der Waals surface area contributed by atoms with E-state index in [9.17, 15) is 9.50 Å². The van der Waals surface area contributed by atoms with E-state index in [1.807, 2.05) is 18.2 Å². The molecule has 2 aromatic carbocycles. The maximum atomic E-state index is 13.1. The van der Waals surface area contributed by atoms with Gasteiger partial charge in [0.25, 0.3) is 0 Å². The highest BCUT2D eigenvalue weighted by atomic mass is 19.1. The van der Waals surface area contributed by atoms with Crippen LogP contribution in [0.4, 0.5) is 10.1 Å². The number of ether oxygens (including phenoxy) is 2. The normalized spacial score (nSPS) is 12.0. The third-order valence-corrected chi connectivity index (χ3v) is 3.67. The van der Waals surface area contributed by atoms with Gasteiger partial charge in [0.1, 0.15) is 11.6 Å². The van der Waals surface area contributed by atoms with Gasteiger partial charge in [-0.1, -0.05) is 12.1 Å². The lowest BCUT2D eigenvalue weighted by atomic mass is 10.0. The predicted octanol–water partition coefficient (Wildman–Crippen LogP) is 3.52. The Hall–Kier alpha value is -2.11. The molecule has 0 spiro atoms. The minimum atomic E-state index is -0.258. The van der Waals surface area contributed by atoms with Gasteiger partial charge in [-0.05, 0) is 42.3 Å². The number of halogens is 1. The highest BCUT2D eigenvalue weighted by Gasteiger charge is 2.13. The third-order valence-electron chi connectivity index (χ3n) is 3.67. The lowest BCUT2D eigenvalue weighted by Gasteiger charge is -2.21. The van der Waals surface area contributed by atoms with E-state index >= 15 is 0 Å². The fraction of sp³-hybridized carbons (Fsp3) is 0.333. The maximum Gasteiger partial charge on any atom is 0.124 e. The predicted molar refractivity (Wildman–Crippen MR) is 88.2 cm³/mol. The van der Waals surface area contributed by atoms with Crippen molar-refractivity contribution in [2.75, 3.05) is 26.1 Å². The van der Waals surface area contributed by atoms with E-state index in [1.54, 1.807) is 26.4 Å². The molecule has 124 valence electrons. The summed E-state index contributed by atoms with van der Waals surface area (Å²) in [7, 11) is 3.22. The molecule has 2 N–H and O–H groups in total. The summed E-state index contributed by atoms with van der Waals surface area (Å²) in [6, 6.07) is 12.0. The number of benzene rings is 2. The fourth-order valence-corrected chi connectivity index (χ4v) is 2.45. The first-order valence-electron chi connectivity index (χ1n) is 7.46. The number of nitrogens with one attached hydrogen (secondary N) is 1. The van der Waals surface area contributed by atoms with Crippen LogP contribution in [0.5, 0.6) is 5.75 Å². The summed E-state index contributed by atoms with van der Waals surface area (Å²) in [5.41, 5.74) is 2.55. The van der Waals surface area contributed by atoms with Crippen molar-refractivity contribution in [3.63, 3.8) is 0 Å². The monoisotopic (exact) mass is 319 g/mol. The molecule has 0 bridgehead atoms. The number of hydrogen-bond donors (Lipinski definition) is 2. The van der Waals surface area contributed by atoms with Gasteiger partial charge in [0.2, 0.25) is 0 Å². The Morgan fingerprint density at radius 1 is 1.13 bits per heavy atom. The van der Waals surface area contributed by atoms with Gasteiger partial charge in [-0.3, -0.25) is 0 Å². The zero-order valence-electron chi connectivity index (χ0n) is 13.4. The standard InChI is InChI=1S/C18H22FNO3/c1-22-10-9-17(13-3-5-15(19)6-4-13)20-16-7-8-18(23-2)14(11-16)12-21/h3-8,11,17,20-21H,9-10,12H2,1-2H3. The minimum absolute atomic E-state index is 0.0181. The molecule has 0 saturated heterocycles. The highest BCUT2D eigenvalue weighted by Crippen LogP contribution is 2.27. The average molecular weight is 319 g/mol. The molecule has 0 aliphatic rings. The number of rotatable bonds is 8. The fourth-order valence-electron chi connectivity index (χ4n) is 2.45. The number of anilines is 1. The van der Waals surface area contributed by atoms with Crippen LogP contribution in [0, 0.1) is 5.82 Å². The van der Waals surface area contributed by atoms with Crippen LogP contribution in [0.3, 0.4) is 0 Å². The van der Waals surface area contributed by atoms with Crippen LogP contribution in [-0.4, -0.2) is 25.9 Å². The highest BCUT2D eigenvalue weighted by molar-refractivity contribution is 5.52. The number of aliphatic hydroxyl groups excluding tert-OH is 1. The van der Waals surface area contributed by atoms with Crippen LogP contribution in [0.1, 0.15) is 23.6 Å². The molecule has 0 aliphatic heterocycles. The van der Waals surface area contributed by atoms with E-state index < -0.39 is 0 Å². The Balaban J connectivity index is 2.21. The number of aliphatic hydroxyl groups is 1. The van der Waals surface area contributed by atoms with Gasteiger partial charge in [0, 0.05) is 25.0 Å². The molecule has 0 radical (unpaired) electrons. The quantitative estimate of drug-likeness (QED) is 0.782. The number of methoxy groups -OCH3 is 2. The lowest BCUT2D eigenvalue weighted by Crippen LogP contribution is -2.13. The summed E-state index contributed by atoms with van der Waals surface area (Å²) >= 11 is 0. The van der Waals surface area contributed by atoms with Crippen molar-refractivity contribution in [1.82, 2.24) is 0 Å². The molecule has 1 unspecified atom stereocenters. The van der Waals surface area contributed by atoms with Crippen LogP contribution in [-0.2, 0) is 11.3 Å². The summed E-state index contributed by atoms with van der Waals surface area (Å²) in [4.78, 5) is 0. The zero-order valence-corrected chi connectivity index (χ0v) is 13.4. The van der Waals surface area contributed by atoms with Crippen molar-refractivity contribution in [3.8, 4) is 5.75 Å². The number of hydrogen-bond acceptors (Lipinski definition) is 4. The van der Waals surface area contributed by atoms with Crippen molar-refractivity contribution in [1.29, 1.82) is 0 Å². The minimum Gasteiger partial charge on any atom is -0.496 e. The maximum absolute atomic E-state index is 13.1. The van der Waals surface area contributed by atoms with Crippen molar-refractivity contribution in [2.45, 2.75) is 19.1 Å². The van der Waals surface area contributed by atoms with Crippen molar-refractivity contribution < 1.29 is 19.0 Å². The van der Waals surface area contributed by atoms with E-state index in [2.05, 4.69) is 5.32 Å². The first kappa shape index (κ1) is 17.2. The van der Waals surface area contributed by atoms with E-state index in [-0.39, 0.29) is 18.5 Å². The van der Waals surface area contributed by atoms with E-state index in [4.69, 9.17) is 9.47 Å². The van der Waals surface area contributed by atoms with Crippen LogP contribution >= 0.6 is 0 Å². The molecule has 4 nitrogen and oxygen atoms in total. The smallest absolute Gasteiger partial charge is 0.124 e. The molecule has 1 atom stereocenters. The first-order chi connectivity index (χ1) is 11.2. The van der Waals surface area contributed by atoms with Gasteiger partial charge >= 0.3 is 0 Å². The lowest BCUT2D eigenvalue weighted by molar-refractivity contribution is 0.190. The molecule has 0 aromatic heterocycles. The average Bonchev–Trinajstić information content (AvgIpc) is 2.59. The van der Waals surface area contributed by atoms with E-state index in [0.717, 1.165) is 17.7 Å². The van der Waals surface area contributed by atoms with Crippen LogP contribution < -0.4 is 10.1 Å². The Morgan fingerprint density at radius 2 is 1.87 bits per heavy atom. The van der Waals surface area contributed by atoms with Gasteiger partial charge in [-0.2, -0.15) is 0 Å². The molecule has 0 aliphatic carbocycles. The van der Waals surface area contributed by atoms with E-state index in [0.29, 0.717) is 17.9 Å². The molecular weight excluding hydrogens is 297 g/mol.